The lowest BCUT2D eigenvalue weighted by Crippen LogP contribution is -2.25. The Hall–Kier alpha value is -6.41. The summed E-state index contributed by atoms with van der Waals surface area (Å²) in [6.07, 6.45) is 0. The number of nitrogens with one attached hydrogen (secondary N) is 1. The molecule has 1 unspecified atom stereocenters. The minimum absolute atomic E-state index is 0.192. The first-order chi connectivity index (χ1) is 26.2. The Morgan fingerprint density at radius 2 is 1.04 bits per heavy atom. The van der Waals surface area contributed by atoms with E-state index in [9.17, 15) is 0 Å². The third-order valence-corrected chi connectivity index (χ3v) is 13.7. The lowest BCUT2D eigenvalue weighted by atomic mass is 9.86. The lowest BCUT2D eigenvalue weighted by Gasteiger charge is -2.29. The van der Waals surface area contributed by atoms with E-state index in [1.54, 1.807) is 0 Å². The quantitative estimate of drug-likeness (QED) is 0.176. The van der Waals surface area contributed by atoms with E-state index in [1.165, 1.54) is 16.3 Å². The van der Waals surface area contributed by atoms with Crippen LogP contribution in [0.25, 0.3) is 55.1 Å². The maximum atomic E-state index is 15.2. The molecule has 10 rings (SSSR count). The zero-order valence-electron chi connectivity index (χ0n) is 28.8. The molecule has 1 aliphatic heterocycles. The summed E-state index contributed by atoms with van der Waals surface area (Å²) in [5.41, 5.74) is 9.68. The summed E-state index contributed by atoms with van der Waals surface area (Å²) in [5, 5.41) is 9.95. The molecule has 53 heavy (non-hydrogen) atoms. The molecule has 252 valence electrons. The standard InChI is InChI=1S/C49H34NO2P/c51-53(37-20-3-1-4-21-37,38-22-5-2-6-23-38)39-24-12-18-35(32-39)34-17-11-19-36(31-34)41-27-14-29-44-46-43-26-9-10-30-45(43)52-49(46)48(50-47(41)44)42-28-13-16-33-15-7-8-25-40(33)42/h1-32,48,50H. The molecule has 9 aromatic rings. The molecule has 0 fully saturated rings. The smallest absolute Gasteiger partial charge is 0.171 e. The number of furan rings is 1. The van der Waals surface area contributed by atoms with E-state index < -0.39 is 7.14 Å². The van der Waals surface area contributed by atoms with E-state index in [0.717, 1.165) is 71.7 Å². The molecule has 8 aromatic carbocycles. The molecular formula is C49H34NO2P. The SMILES string of the molecule is O=P(c1ccccc1)(c1ccccc1)c1cccc(-c2cccc(-c3cccc4c3NC(c3cccc5ccccc35)c3oc5ccccc5c3-4)c2)c1. The first-order valence-electron chi connectivity index (χ1n) is 18.0. The van der Waals surface area contributed by atoms with E-state index in [2.05, 4.69) is 121 Å². The van der Waals surface area contributed by atoms with Gasteiger partial charge in [-0.15, -0.1) is 0 Å². The van der Waals surface area contributed by atoms with Gasteiger partial charge in [-0.2, -0.15) is 0 Å². The van der Waals surface area contributed by atoms with Crippen molar-refractivity contribution < 1.29 is 8.98 Å². The lowest BCUT2D eigenvalue weighted by molar-refractivity contribution is 0.537. The number of rotatable bonds is 6. The number of anilines is 1. The average Bonchev–Trinajstić information content (AvgIpc) is 3.64. The zero-order chi connectivity index (χ0) is 35.4. The van der Waals surface area contributed by atoms with E-state index in [0.29, 0.717) is 0 Å². The van der Waals surface area contributed by atoms with Crippen LogP contribution in [0, 0.1) is 0 Å². The number of para-hydroxylation sites is 2. The van der Waals surface area contributed by atoms with Gasteiger partial charge in [-0.1, -0.05) is 176 Å². The zero-order valence-corrected chi connectivity index (χ0v) is 29.7. The summed E-state index contributed by atoms with van der Waals surface area (Å²) in [6.45, 7) is 0. The van der Waals surface area contributed by atoms with E-state index in [-0.39, 0.29) is 6.04 Å². The molecule has 0 spiro atoms. The molecule has 1 aromatic heterocycles. The van der Waals surface area contributed by atoms with Gasteiger partial charge in [0, 0.05) is 38.0 Å². The normalized spacial score (nSPS) is 13.7. The first kappa shape index (κ1) is 31.3. The summed E-state index contributed by atoms with van der Waals surface area (Å²) in [4.78, 5) is 0. The Balaban J connectivity index is 1.12. The van der Waals surface area contributed by atoms with Gasteiger partial charge in [-0.05, 0) is 51.2 Å². The number of benzene rings is 8. The molecular weight excluding hydrogens is 666 g/mol. The molecule has 2 heterocycles. The molecule has 0 radical (unpaired) electrons. The van der Waals surface area contributed by atoms with Crippen LogP contribution in [0.15, 0.2) is 199 Å². The Kier molecular flexibility index (Phi) is 7.49. The van der Waals surface area contributed by atoms with Crippen LogP contribution in [-0.2, 0) is 4.57 Å². The minimum Gasteiger partial charge on any atom is -0.458 e. The van der Waals surface area contributed by atoms with Gasteiger partial charge in [0.05, 0.1) is 5.69 Å². The number of hydrogen-bond donors (Lipinski definition) is 1. The third-order valence-electron chi connectivity index (χ3n) is 10.6. The Labute approximate surface area is 308 Å². The summed E-state index contributed by atoms with van der Waals surface area (Å²) in [5.74, 6) is 0.930. The summed E-state index contributed by atoms with van der Waals surface area (Å²) in [7, 11) is -3.13. The van der Waals surface area contributed by atoms with Gasteiger partial charge in [-0.25, -0.2) is 0 Å². The Morgan fingerprint density at radius 3 is 1.83 bits per heavy atom. The van der Waals surface area contributed by atoms with Crippen molar-refractivity contribution in [2.75, 3.05) is 5.32 Å². The number of fused-ring (bicyclic) bond motifs is 6. The summed E-state index contributed by atoms with van der Waals surface area (Å²) >= 11 is 0. The van der Waals surface area contributed by atoms with Gasteiger partial charge in [-0.3, -0.25) is 0 Å². The summed E-state index contributed by atoms with van der Waals surface area (Å²) < 4.78 is 21.9. The molecule has 0 saturated heterocycles. The second-order valence-electron chi connectivity index (χ2n) is 13.6. The van der Waals surface area contributed by atoms with Crippen LogP contribution >= 0.6 is 7.14 Å². The van der Waals surface area contributed by atoms with Crippen molar-refractivity contribution in [3.05, 3.63) is 205 Å². The first-order valence-corrected chi connectivity index (χ1v) is 19.7. The Bertz CT molecular complexity index is 2810. The second kappa shape index (κ2) is 12.7. The molecule has 1 N–H and O–H groups in total. The molecule has 0 saturated carbocycles. The van der Waals surface area contributed by atoms with Crippen LogP contribution in [-0.4, -0.2) is 0 Å². The molecule has 0 aliphatic carbocycles. The second-order valence-corrected chi connectivity index (χ2v) is 16.4. The van der Waals surface area contributed by atoms with Crippen LogP contribution in [0.2, 0.25) is 0 Å². The minimum atomic E-state index is -3.13. The van der Waals surface area contributed by atoms with Crippen molar-refractivity contribution in [1.82, 2.24) is 0 Å². The van der Waals surface area contributed by atoms with Crippen LogP contribution in [0.3, 0.4) is 0 Å². The predicted octanol–water partition coefficient (Wildman–Crippen LogP) is 11.7. The van der Waals surface area contributed by atoms with Gasteiger partial charge >= 0.3 is 0 Å². The topological polar surface area (TPSA) is 42.2 Å². The maximum Gasteiger partial charge on any atom is 0.171 e. The predicted molar refractivity (Wildman–Crippen MR) is 221 cm³/mol. The third kappa shape index (κ3) is 5.16. The molecule has 3 nitrogen and oxygen atoms in total. The largest absolute Gasteiger partial charge is 0.458 e. The highest BCUT2D eigenvalue weighted by Gasteiger charge is 2.34. The van der Waals surface area contributed by atoms with Crippen molar-refractivity contribution in [3.8, 4) is 33.4 Å². The van der Waals surface area contributed by atoms with Gasteiger partial charge < -0.3 is 14.3 Å². The van der Waals surface area contributed by atoms with Gasteiger partial charge in [0.15, 0.2) is 7.14 Å². The maximum absolute atomic E-state index is 15.2. The molecule has 1 atom stereocenters. The van der Waals surface area contributed by atoms with Crippen LogP contribution < -0.4 is 21.2 Å². The van der Waals surface area contributed by atoms with Crippen molar-refractivity contribution in [1.29, 1.82) is 0 Å². The molecule has 4 heteroatoms. The number of hydrogen-bond acceptors (Lipinski definition) is 3. The molecule has 1 aliphatic rings. The van der Waals surface area contributed by atoms with Gasteiger partial charge in [0.1, 0.15) is 17.4 Å². The van der Waals surface area contributed by atoms with E-state index in [4.69, 9.17) is 4.42 Å². The van der Waals surface area contributed by atoms with Crippen molar-refractivity contribution >= 4 is 50.5 Å². The summed E-state index contributed by atoms with van der Waals surface area (Å²) in [6, 6.07) is 66.4. The van der Waals surface area contributed by atoms with Crippen LogP contribution in [0.1, 0.15) is 17.4 Å². The van der Waals surface area contributed by atoms with E-state index in [1.807, 2.05) is 78.9 Å². The van der Waals surface area contributed by atoms with Crippen LogP contribution in [0.5, 0.6) is 0 Å². The fourth-order valence-corrected chi connectivity index (χ4v) is 10.8. The van der Waals surface area contributed by atoms with Crippen molar-refractivity contribution in [2.24, 2.45) is 0 Å². The van der Waals surface area contributed by atoms with Crippen LogP contribution in [0.4, 0.5) is 5.69 Å². The van der Waals surface area contributed by atoms with E-state index >= 15 is 4.57 Å². The highest BCUT2D eigenvalue weighted by Crippen LogP contribution is 2.52. The average molecular weight is 700 g/mol. The van der Waals surface area contributed by atoms with Gasteiger partial charge in [0.25, 0.3) is 0 Å². The van der Waals surface area contributed by atoms with Crippen molar-refractivity contribution in [2.45, 2.75) is 6.04 Å². The van der Waals surface area contributed by atoms with Gasteiger partial charge in [0.2, 0.25) is 0 Å². The fourth-order valence-electron chi connectivity index (χ4n) is 8.10. The van der Waals surface area contributed by atoms with Crippen molar-refractivity contribution in [3.63, 3.8) is 0 Å². The fraction of sp³-hybridized carbons (Fsp3) is 0.0204. The highest BCUT2D eigenvalue weighted by atomic mass is 31.2. The molecule has 0 bridgehead atoms. The Morgan fingerprint density at radius 1 is 0.472 bits per heavy atom. The highest BCUT2D eigenvalue weighted by molar-refractivity contribution is 7.85. The monoisotopic (exact) mass is 699 g/mol. The molecule has 0 amide bonds.